The van der Waals surface area contributed by atoms with Crippen molar-refractivity contribution in [1.82, 2.24) is 15.8 Å². The molecule has 0 atom stereocenters. The van der Waals surface area contributed by atoms with Crippen LogP contribution in [0, 0.1) is 11.6 Å². The van der Waals surface area contributed by atoms with Gasteiger partial charge in [-0.3, -0.25) is 20.4 Å². The first-order valence-corrected chi connectivity index (χ1v) is 10.3. The van der Waals surface area contributed by atoms with Gasteiger partial charge in [-0.15, -0.1) is 11.3 Å². The van der Waals surface area contributed by atoms with Crippen LogP contribution in [0.4, 0.5) is 20.3 Å². The first-order chi connectivity index (χ1) is 15.5. The van der Waals surface area contributed by atoms with Crippen LogP contribution in [0.25, 0.3) is 10.4 Å². The number of halogens is 2. The molecule has 6 nitrogen and oxygen atoms in total. The number of aromatic nitrogens is 1. The Morgan fingerprint density at radius 2 is 1.59 bits per heavy atom. The van der Waals surface area contributed by atoms with E-state index in [0.717, 1.165) is 10.4 Å². The summed E-state index contributed by atoms with van der Waals surface area (Å²) < 4.78 is 26.5. The van der Waals surface area contributed by atoms with Gasteiger partial charge in [-0.05, 0) is 60.2 Å². The molecule has 0 radical (unpaired) electrons. The number of benzene rings is 2. The Hall–Kier alpha value is -4.11. The second-order valence-electron chi connectivity index (χ2n) is 6.61. The molecule has 32 heavy (non-hydrogen) atoms. The summed E-state index contributed by atoms with van der Waals surface area (Å²) in [6.07, 6.45) is 1.49. The molecule has 4 rings (SSSR count). The summed E-state index contributed by atoms with van der Waals surface area (Å²) in [6, 6.07) is 18.1. The summed E-state index contributed by atoms with van der Waals surface area (Å²) in [7, 11) is 0. The molecule has 2 aromatic heterocycles. The number of carbonyl (C=O) groups is 2. The number of nitrogens with one attached hydrogen (secondary N) is 3. The topological polar surface area (TPSA) is 83.1 Å². The highest BCUT2D eigenvalue weighted by molar-refractivity contribution is 7.17. The van der Waals surface area contributed by atoms with Crippen molar-refractivity contribution >= 4 is 34.7 Å². The van der Waals surface area contributed by atoms with E-state index in [1.165, 1.54) is 53.9 Å². The molecule has 0 bridgehead atoms. The lowest BCUT2D eigenvalue weighted by Gasteiger charge is -2.11. The monoisotopic (exact) mass is 450 g/mol. The smallest absolute Gasteiger partial charge is 0.279 e. The SMILES string of the molecule is O=C(NNC(=O)c1cccnc1Nc1cccc(F)c1)c1ccc(-c2ccc(F)cc2)s1. The summed E-state index contributed by atoms with van der Waals surface area (Å²) in [4.78, 5) is 30.3. The number of carbonyl (C=O) groups excluding carboxylic acids is 2. The average Bonchev–Trinajstić information content (AvgIpc) is 3.28. The highest BCUT2D eigenvalue weighted by Crippen LogP contribution is 2.28. The molecule has 3 N–H and O–H groups in total. The number of anilines is 2. The maximum Gasteiger partial charge on any atom is 0.279 e. The van der Waals surface area contributed by atoms with Crippen molar-refractivity contribution in [1.29, 1.82) is 0 Å². The summed E-state index contributed by atoms with van der Waals surface area (Å²) >= 11 is 1.21. The number of rotatable bonds is 5. The Kier molecular flexibility index (Phi) is 6.18. The number of nitrogens with zero attached hydrogens (tertiary/aromatic N) is 1. The second-order valence-corrected chi connectivity index (χ2v) is 7.70. The summed E-state index contributed by atoms with van der Waals surface area (Å²) in [5, 5.41) is 2.89. The van der Waals surface area contributed by atoms with Crippen LogP contribution in [0.15, 0.2) is 79.0 Å². The van der Waals surface area contributed by atoms with Crippen LogP contribution in [0.5, 0.6) is 0 Å². The van der Waals surface area contributed by atoms with Gasteiger partial charge in [0, 0.05) is 16.8 Å². The van der Waals surface area contributed by atoms with E-state index in [2.05, 4.69) is 21.2 Å². The molecule has 4 aromatic rings. The van der Waals surface area contributed by atoms with Gasteiger partial charge in [-0.2, -0.15) is 0 Å². The third-order valence-corrected chi connectivity index (χ3v) is 5.52. The number of hydrogen-bond acceptors (Lipinski definition) is 5. The molecule has 2 amide bonds. The lowest BCUT2D eigenvalue weighted by molar-refractivity contribution is 0.0849. The minimum atomic E-state index is -0.597. The first kappa shape index (κ1) is 21.1. The Bertz CT molecular complexity index is 1270. The zero-order valence-corrected chi connectivity index (χ0v) is 17.2. The van der Waals surface area contributed by atoms with Crippen molar-refractivity contribution in [2.24, 2.45) is 0 Å². The van der Waals surface area contributed by atoms with Crippen molar-refractivity contribution in [2.45, 2.75) is 0 Å². The molecule has 0 saturated carbocycles. The van der Waals surface area contributed by atoms with Gasteiger partial charge in [-0.25, -0.2) is 13.8 Å². The normalized spacial score (nSPS) is 10.4. The van der Waals surface area contributed by atoms with Crippen molar-refractivity contribution in [3.8, 4) is 10.4 Å². The van der Waals surface area contributed by atoms with E-state index < -0.39 is 17.6 Å². The van der Waals surface area contributed by atoms with Crippen LogP contribution < -0.4 is 16.2 Å². The van der Waals surface area contributed by atoms with Crippen LogP contribution in [0.3, 0.4) is 0 Å². The van der Waals surface area contributed by atoms with Gasteiger partial charge in [0.2, 0.25) is 0 Å². The molecule has 9 heteroatoms. The second kappa shape index (κ2) is 9.36. The largest absolute Gasteiger partial charge is 0.339 e. The van der Waals surface area contributed by atoms with Gasteiger partial charge in [0.1, 0.15) is 17.5 Å². The Balaban J connectivity index is 1.42. The van der Waals surface area contributed by atoms with Crippen LogP contribution in [-0.2, 0) is 0 Å². The molecule has 160 valence electrons. The number of hydrazine groups is 1. The first-order valence-electron chi connectivity index (χ1n) is 9.44. The van der Waals surface area contributed by atoms with Gasteiger partial charge in [0.15, 0.2) is 0 Å². The zero-order chi connectivity index (χ0) is 22.5. The van der Waals surface area contributed by atoms with Crippen LogP contribution in [0.1, 0.15) is 20.0 Å². The van der Waals surface area contributed by atoms with E-state index in [1.54, 1.807) is 36.4 Å². The number of amides is 2. The predicted molar refractivity (Wildman–Crippen MR) is 119 cm³/mol. The fourth-order valence-electron chi connectivity index (χ4n) is 2.86. The van der Waals surface area contributed by atoms with E-state index in [-0.39, 0.29) is 17.2 Å². The standard InChI is InChI=1S/C23H16F2N4O2S/c24-15-8-6-14(7-9-15)19-10-11-20(32-19)23(31)29-28-22(30)18-5-2-12-26-21(18)27-17-4-1-3-16(25)13-17/h1-13H,(H,26,27)(H,28,30)(H,29,31). The summed E-state index contributed by atoms with van der Waals surface area (Å²) in [6.45, 7) is 0. The molecular formula is C23H16F2N4O2S. The van der Waals surface area contributed by atoms with E-state index >= 15 is 0 Å². The van der Waals surface area contributed by atoms with Crippen molar-refractivity contribution in [3.63, 3.8) is 0 Å². The van der Waals surface area contributed by atoms with E-state index in [4.69, 9.17) is 0 Å². The fourth-order valence-corrected chi connectivity index (χ4v) is 3.77. The molecule has 0 aliphatic heterocycles. The lowest BCUT2D eigenvalue weighted by Crippen LogP contribution is -2.41. The highest BCUT2D eigenvalue weighted by atomic mass is 32.1. The van der Waals surface area contributed by atoms with Gasteiger partial charge in [-0.1, -0.05) is 18.2 Å². The predicted octanol–water partition coefficient (Wildman–Crippen LogP) is 4.91. The Morgan fingerprint density at radius 1 is 0.812 bits per heavy atom. The van der Waals surface area contributed by atoms with Gasteiger partial charge in [0.05, 0.1) is 10.4 Å². The third-order valence-electron chi connectivity index (χ3n) is 4.39. The molecule has 0 aliphatic rings. The van der Waals surface area contributed by atoms with Crippen molar-refractivity contribution in [2.75, 3.05) is 5.32 Å². The number of thiophene rings is 1. The highest BCUT2D eigenvalue weighted by Gasteiger charge is 2.15. The fraction of sp³-hybridized carbons (Fsp3) is 0. The van der Waals surface area contributed by atoms with Gasteiger partial charge >= 0.3 is 0 Å². The van der Waals surface area contributed by atoms with E-state index in [9.17, 15) is 18.4 Å². The van der Waals surface area contributed by atoms with Gasteiger partial charge in [0.25, 0.3) is 11.8 Å². The van der Waals surface area contributed by atoms with E-state index in [1.807, 2.05) is 0 Å². The number of hydrogen-bond donors (Lipinski definition) is 3. The quantitative estimate of drug-likeness (QED) is 0.378. The molecule has 2 aromatic carbocycles. The molecule has 0 spiro atoms. The van der Waals surface area contributed by atoms with Crippen LogP contribution >= 0.6 is 11.3 Å². The van der Waals surface area contributed by atoms with Crippen LogP contribution in [-0.4, -0.2) is 16.8 Å². The summed E-state index contributed by atoms with van der Waals surface area (Å²) in [5.41, 5.74) is 6.09. The van der Waals surface area contributed by atoms with Crippen molar-refractivity contribution in [3.05, 3.63) is 101 Å². The van der Waals surface area contributed by atoms with Crippen LogP contribution in [0.2, 0.25) is 0 Å². The molecule has 0 saturated heterocycles. The molecular weight excluding hydrogens is 434 g/mol. The Morgan fingerprint density at radius 3 is 2.38 bits per heavy atom. The third kappa shape index (κ3) is 4.96. The molecule has 0 aliphatic carbocycles. The van der Waals surface area contributed by atoms with Gasteiger partial charge < -0.3 is 5.32 Å². The lowest BCUT2D eigenvalue weighted by atomic mass is 10.2. The maximum absolute atomic E-state index is 13.4. The molecule has 0 unspecified atom stereocenters. The number of pyridine rings is 1. The average molecular weight is 450 g/mol. The summed E-state index contributed by atoms with van der Waals surface area (Å²) in [5.74, 6) is -1.66. The zero-order valence-electron chi connectivity index (χ0n) is 16.4. The molecule has 2 heterocycles. The minimum absolute atomic E-state index is 0.162. The van der Waals surface area contributed by atoms with E-state index in [0.29, 0.717) is 10.6 Å². The van der Waals surface area contributed by atoms with Crippen molar-refractivity contribution < 1.29 is 18.4 Å². The maximum atomic E-state index is 13.4. The minimum Gasteiger partial charge on any atom is -0.339 e. The molecule has 0 fully saturated rings. The Labute approximate surface area is 185 Å².